The minimum absolute atomic E-state index is 0.104. The van der Waals surface area contributed by atoms with Gasteiger partial charge >= 0.3 is 5.97 Å². The molecule has 0 radical (unpaired) electrons. The second-order valence-electron chi connectivity index (χ2n) is 5.56. The van der Waals surface area contributed by atoms with Crippen LogP contribution in [0.15, 0.2) is 54.6 Å². The molecular formula is C19H21NO4. The van der Waals surface area contributed by atoms with E-state index in [2.05, 4.69) is 5.32 Å². The van der Waals surface area contributed by atoms with Crippen molar-refractivity contribution >= 4 is 11.9 Å². The third-order valence-electron chi connectivity index (χ3n) is 3.50. The number of carboxylic acid groups (broad SMARTS) is 1. The first-order chi connectivity index (χ1) is 11.5. The first kappa shape index (κ1) is 17.5. The molecule has 0 unspecified atom stereocenters. The van der Waals surface area contributed by atoms with Gasteiger partial charge in [-0.2, -0.15) is 0 Å². The number of aryl methyl sites for hydroxylation is 1. The molecule has 2 aromatic rings. The maximum atomic E-state index is 12.0. The highest BCUT2D eigenvalue weighted by atomic mass is 16.5. The van der Waals surface area contributed by atoms with E-state index in [9.17, 15) is 14.7 Å². The Balaban J connectivity index is 1.81. The second kappa shape index (κ2) is 8.72. The number of amides is 1. The Hall–Kier alpha value is -2.82. The summed E-state index contributed by atoms with van der Waals surface area (Å²) in [5, 5.41) is 11.8. The zero-order valence-electron chi connectivity index (χ0n) is 13.6. The Morgan fingerprint density at radius 2 is 1.88 bits per heavy atom. The number of aliphatic carboxylic acids is 1. The summed E-state index contributed by atoms with van der Waals surface area (Å²) >= 11 is 0. The third kappa shape index (κ3) is 5.76. The average molecular weight is 327 g/mol. The van der Waals surface area contributed by atoms with E-state index < -0.39 is 12.0 Å². The summed E-state index contributed by atoms with van der Waals surface area (Å²) in [6.07, 6.45) is 0.354. The fourth-order valence-corrected chi connectivity index (χ4v) is 2.28. The molecule has 2 aromatic carbocycles. The van der Waals surface area contributed by atoms with E-state index in [0.717, 1.165) is 11.1 Å². The highest BCUT2D eigenvalue weighted by Gasteiger charge is 2.20. The molecule has 0 aliphatic heterocycles. The molecule has 0 spiro atoms. The Labute approximate surface area is 141 Å². The first-order valence-corrected chi connectivity index (χ1v) is 7.80. The summed E-state index contributed by atoms with van der Waals surface area (Å²) in [6.45, 7) is 2.16. The number of carbonyl (C=O) groups is 2. The zero-order valence-corrected chi connectivity index (χ0v) is 13.6. The lowest BCUT2D eigenvalue weighted by Crippen LogP contribution is -2.42. The average Bonchev–Trinajstić information content (AvgIpc) is 2.55. The van der Waals surface area contributed by atoms with Gasteiger partial charge in [-0.1, -0.05) is 42.5 Å². The molecule has 5 heteroatoms. The van der Waals surface area contributed by atoms with Crippen molar-refractivity contribution in [3.05, 3.63) is 65.7 Å². The SMILES string of the molecule is Cc1cccc(OCCC(=O)N[C@H](Cc2ccccc2)C(=O)O)c1. The molecule has 2 rings (SSSR count). The van der Waals surface area contributed by atoms with Gasteiger partial charge in [0.15, 0.2) is 0 Å². The minimum Gasteiger partial charge on any atom is -0.493 e. The van der Waals surface area contributed by atoms with Gasteiger partial charge in [-0.25, -0.2) is 4.79 Å². The summed E-state index contributed by atoms with van der Waals surface area (Å²) in [4.78, 5) is 23.3. The molecule has 126 valence electrons. The van der Waals surface area contributed by atoms with Gasteiger partial charge in [-0.3, -0.25) is 4.79 Å². The normalized spacial score (nSPS) is 11.5. The molecule has 0 bridgehead atoms. The highest BCUT2D eigenvalue weighted by Crippen LogP contribution is 2.12. The number of carboxylic acids is 1. The number of hydrogen-bond donors (Lipinski definition) is 2. The van der Waals surface area contributed by atoms with E-state index in [-0.39, 0.29) is 25.4 Å². The standard InChI is InChI=1S/C19H21NO4/c1-14-6-5-9-16(12-14)24-11-10-18(21)20-17(19(22)23)13-15-7-3-2-4-8-15/h2-9,12,17H,10-11,13H2,1H3,(H,20,21)(H,22,23)/t17-/m1/s1. The van der Waals surface area contributed by atoms with Gasteiger partial charge in [0, 0.05) is 6.42 Å². The van der Waals surface area contributed by atoms with Crippen LogP contribution in [0.2, 0.25) is 0 Å². The molecule has 0 fully saturated rings. The fourth-order valence-electron chi connectivity index (χ4n) is 2.28. The number of benzene rings is 2. The van der Waals surface area contributed by atoms with Crippen LogP contribution in [0.1, 0.15) is 17.5 Å². The molecule has 0 aromatic heterocycles. The molecule has 0 saturated carbocycles. The van der Waals surface area contributed by atoms with Gasteiger partial charge in [-0.15, -0.1) is 0 Å². The van der Waals surface area contributed by atoms with Crippen LogP contribution in [0.4, 0.5) is 0 Å². The van der Waals surface area contributed by atoms with Crippen molar-refractivity contribution in [1.29, 1.82) is 0 Å². The number of nitrogens with one attached hydrogen (secondary N) is 1. The smallest absolute Gasteiger partial charge is 0.326 e. The van der Waals surface area contributed by atoms with Gasteiger partial charge < -0.3 is 15.2 Å². The lowest BCUT2D eigenvalue weighted by Gasteiger charge is -2.15. The van der Waals surface area contributed by atoms with Crippen molar-refractivity contribution in [3.8, 4) is 5.75 Å². The van der Waals surface area contributed by atoms with Crippen LogP contribution in [0.5, 0.6) is 5.75 Å². The van der Waals surface area contributed by atoms with Gasteiger partial charge in [0.25, 0.3) is 0 Å². The van der Waals surface area contributed by atoms with Crippen molar-refractivity contribution < 1.29 is 19.4 Å². The summed E-state index contributed by atoms with van der Waals surface area (Å²) < 4.78 is 5.51. The quantitative estimate of drug-likeness (QED) is 0.781. The van der Waals surface area contributed by atoms with Gasteiger partial charge in [0.05, 0.1) is 13.0 Å². The van der Waals surface area contributed by atoms with E-state index in [4.69, 9.17) is 4.74 Å². The Morgan fingerprint density at radius 1 is 1.12 bits per heavy atom. The molecule has 24 heavy (non-hydrogen) atoms. The molecule has 5 nitrogen and oxygen atoms in total. The molecule has 1 amide bonds. The van der Waals surface area contributed by atoms with E-state index in [1.807, 2.05) is 61.5 Å². The minimum atomic E-state index is -1.05. The second-order valence-corrected chi connectivity index (χ2v) is 5.56. The summed E-state index contributed by atoms with van der Waals surface area (Å²) in [6, 6.07) is 15.8. The van der Waals surface area contributed by atoms with Crippen LogP contribution in [0.25, 0.3) is 0 Å². The van der Waals surface area contributed by atoms with Crippen molar-refractivity contribution in [2.24, 2.45) is 0 Å². The van der Waals surface area contributed by atoms with E-state index >= 15 is 0 Å². The van der Waals surface area contributed by atoms with E-state index in [1.54, 1.807) is 0 Å². The predicted octanol–water partition coefficient (Wildman–Crippen LogP) is 2.58. The maximum Gasteiger partial charge on any atom is 0.326 e. The lowest BCUT2D eigenvalue weighted by atomic mass is 10.1. The van der Waals surface area contributed by atoms with Crippen molar-refractivity contribution in [2.75, 3.05) is 6.61 Å². The monoisotopic (exact) mass is 327 g/mol. The Bertz CT molecular complexity index is 685. The van der Waals surface area contributed by atoms with Gasteiger partial charge in [-0.05, 0) is 30.2 Å². The van der Waals surface area contributed by atoms with Crippen LogP contribution in [-0.4, -0.2) is 29.6 Å². The summed E-state index contributed by atoms with van der Waals surface area (Å²) in [5.74, 6) is -0.695. The van der Waals surface area contributed by atoms with Crippen molar-refractivity contribution in [3.63, 3.8) is 0 Å². The molecule has 1 atom stereocenters. The lowest BCUT2D eigenvalue weighted by molar-refractivity contribution is -0.141. The van der Waals surface area contributed by atoms with E-state index in [0.29, 0.717) is 5.75 Å². The maximum absolute atomic E-state index is 12.0. The topological polar surface area (TPSA) is 75.6 Å². The molecular weight excluding hydrogens is 306 g/mol. The Kier molecular flexibility index (Phi) is 6.37. The van der Waals surface area contributed by atoms with Crippen LogP contribution < -0.4 is 10.1 Å². The first-order valence-electron chi connectivity index (χ1n) is 7.80. The predicted molar refractivity (Wildman–Crippen MR) is 91.0 cm³/mol. The molecule has 2 N–H and O–H groups in total. The zero-order chi connectivity index (χ0) is 17.4. The number of carbonyl (C=O) groups excluding carboxylic acids is 1. The van der Waals surface area contributed by atoms with Crippen LogP contribution in [-0.2, 0) is 16.0 Å². The Morgan fingerprint density at radius 3 is 2.54 bits per heavy atom. The third-order valence-corrected chi connectivity index (χ3v) is 3.50. The molecule has 0 aliphatic carbocycles. The summed E-state index contributed by atoms with van der Waals surface area (Å²) in [7, 11) is 0. The van der Waals surface area contributed by atoms with E-state index in [1.165, 1.54) is 0 Å². The number of hydrogen-bond acceptors (Lipinski definition) is 3. The van der Waals surface area contributed by atoms with Crippen LogP contribution in [0.3, 0.4) is 0 Å². The van der Waals surface area contributed by atoms with Gasteiger partial charge in [0.1, 0.15) is 11.8 Å². The van der Waals surface area contributed by atoms with Crippen LogP contribution >= 0.6 is 0 Å². The van der Waals surface area contributed by atoms with Crippen molar-refractivity contribution in [1.82, 2.24) is 5.32 Å². The van der Waals surface area contributed by atoms with Crippen molar-refractivity contribution in [2.45, 2.75) is 25.8 Å². The number of rotatable bonds is 8. The van der Waals surface area contributed by atoms with Crippen LogP contribution in [0, 0.1) is 6.92 Å². The number of ether oxygens (including phenoxy) is 1. The fraction of sp³-hybridized carbons (Fsp3) is 0.263. The molecule has 0 saturated heterocycles. The molecule has 0 heterocycles. The largest absolute Gasteiger partial charge is 0.493 e. The summed E-state index contributed by atoms with van der Waals surface area (Å²) in [5.41, 5.74) is 1.94. The molecule has 0 aliphatic rings. The highest BCUT2D eigenvalue weighted by molar-refractivity contribution is 5.83. The van der Waals surface area contributed by atoms with Gasteiger partial charge in [0.2, 0.25) is 5.91 Å².